The van der Waals surface area contributed by atoms with Crippen molar-refractivity contribution in [2.24, 2.45) is 0 Å². The largest absolute Gasteiger partial charge is 0.493 e. The van der Waals surface area contributed by atoms with E-state index in [-0.39, 0.29) is 5.91 Å². The summed E-state index contributed by atoms with van der Waals surface area (Å²) in [5, 5.41) is 10.6. The number of para-hydroxylation sites is 1. The molecule has 9 nitrogen and oxygen atoms in total. The minimum absolute atomic E-state index is 0.0989. The second-order valence-corrected chi connectivity index (χ2v) is 9.00. The summed E-state index contributed by atoms with van der Waals surface area (Å²) in [6.07, 6.45) is 3.42. The Balaban J connectivity index is 1.12. The maximum atomic E-state index is 13.2. The number of hydrogen-bond acceptors (Lipinski definition) is 8. The summed E-state index contributed by atoms with van der Waals surface area (Å²) in [7, 11) is 1.56. The Hall–Kier alpha value is -3.50. The van der Waals surface area contributed by atoms with Crippen molar-refractivity contribution in [3.8, 4) is 22.1 Å². The summed E-state index contributed by atoms with van der Waals surface area (Å²) in [6, 6.07) is 13.7. The Labute approximate surface area is 201 Å². The van der Waals surface area contributed by atoms with E-state index in [4.69, 9.17) is 9.26 Å². The Bertz CT molecular complexity index is 1210. The lowest BCUT2D eigenvalue weighted by Crippen LogP contribution is -2.49. The zero-order valence-corrected chi connectivity index (χ0v) is 19.8. The lowest BCUT2D eigenvalue weighted by molar-refractivity contribution is 0.0626. The molecule has 0 radical (unpaired) electrons. The zero-order valence-electron chi connectivity index (χ0n) is 19.0. The van der Waals surface area contributed by atoms with Gasteiger partial charge in [-0.2, -0.15) is 10.1 Å². The third-order valence-electron chi connectivity index (χ3n) is 5.86. The molecule has 0 unspecified atom stereocenters. The molecular weight excluding hydrogens is 452 g/mol. The van der Waals surface area contributed by atoms with E-state index in [1.807, 2.05) is 52.7 Å². The van der Waals surface area contributed by atoms with Gasteiger partial charge in [0.25, 0.3) is 5.91 Å². The molecular formula is C24H26N6O3S. The number of methoxy groups -OCH3 is 1. The highest BCUT2D eigenvalue weighted by atomic mass is 32.1. The lowest BCUT2D eigenvalue weighted by Gasteiger charge is -2.34. The van der Waals surface area contributed by atoms with Gasteiger partial charge in [0.1, 0.15) is 0 Å². The van der Waals surface area contributed by atoms with Gasteiger partial charge in [-0.3, -0.25) is 9.69 Å². The van der Waals surface area contributed by atoms with E-state index < -0.39 is 0 Å². The number of piperazine rings is 1. The number of carbonyl (C=O) groups excluding carboxylic acids is 1. The standard InChI is InChI=1S/C24H26N6O3S/c1-32-19-17-30(18-7-3-2-4-8-18)26-22(19)24(31)29-14-12-28(13-15-29)11-5-10-21-25-23(27-33-21)20-9-6-16-34-20/h2-4,6-9,16-17H,5,10-15H2,1H3. The van der Waals surface area contributed by atoms with Crippen LogP contribution in [-0.4, -0.2) is 75.5 Å². The van der Waals surface area contributed by atoms with E-state index in [2.05, 4.69) is 20.1 Å². The Morgan fingerprint density at radius 3 is 2.68 bits per heavy atom. The number of ether oxygens (including phenoxy) is 1. The van der Waals surface area contributed by atoms with Crippen molar-refractivity contribution in [3.63, 3.8) is 0 Å². The average molecular weight is 479 g/mol. The molecule has 10 heteroatoms. The fourth-order valence-electron chi connectivity index (χ4n) is 4.01. The van der Waals surface area contributed by atoms with Crippen LogP contribution in [0.25, 0.3) is 16.4 Å². The van der Waals surface area contributed by atoms with Crippen molar-refractivity contribution in [2.45, 2.75) is 12.8 Å². The summed E-state index contributed by atoms with van der Waals surface area (Å²) >= 11 is 1.60. The van der Waals surface area contributed by atoms with Crippen LogP contribution in [0.4, 0.5) is 0 Å². The van der Waals surface area contributed by atoms with Crippen LogP contribution in [0.3, 0.4) is 0 Å². The van der Waals surface area contributed by atoms with Crippen molar-refractivity contribution in [3.05, 3.63) is 65.6 Å². The van der Waals surface area contributed by atoms with Gasteiger partial charge in [0, 0.05) is 32.6 Å². The van der Waals surface area contributed by atoms with E-state index in [1.54, 1.807) is 29.3 Å². The molecule has 1 aliphatic rings. The first-order valence-corrected chi connectivity index (χ1v) is 12.2. The fourth-order valence-corrected chi connectivity index (χ4v) is 4.66. The molecule has 1 aliphatic heterocycles. The van der Waals surface area contributed by atoms with Gasteiger partial charge in [0.15, 0.2) is 11.4 Å². The van der Waals surface area contributed by atoms with Crippen LogP contribution < -0.4 is 4.74 Å². The highest BCUT2D eigenvalue weighted by Gasteiger charge is 2.27. The minimum Gasteiger partial charge on any atom is -0.493 e. The van der Waals surface area contributed by atoms with E-state index >= 15 is 0 Å². The van der Waals surface area contributed by atoms with E-state index in [0.29, 0.717) is 36.2 Å². The van der Waals surface area contributed by atoms with Gasteiger partial charge >= 0.3 is 0 Å². The van der Waals surface area contributed by atoms with Gasteiger partial charge in [-0.25, -0.2) is 4.68 Å². The van der Waals surface area contributed by atoms with Crippen LogP contribution in [0.1, 0.15) is 22.8 Å². The highest BCUT2D eigenvalue weighted by Crippen LogP contribution is 2.23. The van der Waals surface area contributed by atoms with Crippen molar-refractivity contribution in [1.29, 1.82) is 0 Å². The Morgan fingerprint density at radius 2 is 1.94 bits per heavy atom. The van der Waals surface area contributed by atoms with Crippen molar-refractivity contribution in [2.75, 3.05) is 39.8 Å². The fraction of sp³-hybridized carbons (Fsp3) is 0.333. The molecule has 0 bridgehead atoms. The van der Waals surface area contributed by atoms with Crippen LogP contribution >= 0.6 is 11.3 Å². The third-order valence-corrected chi connectivity index (χ3v) is 6.72. The third kappa shape index (κ3) is 4.87. The molecule has 176 valence electrons. The molecule has 0 atom stereocenters. The van der Waals surface area contributed by atoms with Crippen molar-refractivity contribution < 1.29 is 14.1 Å². The first-order valence-electron chi connectivity index (χ1n) is 11.3. The summed E-state index contributed by atoms with van der Waals surface area (Å²) in [5.74, 6) is 1.71. The maximum Gasteiger partial charge on any atom is 0.278 e. The quantitative estimate of drug-likeness (QED) is 0.383. The molecule has 3 aromatic heterocycles. The molecule has 1 saturated heterocycles. The van der Waals surface area contributed by atoms with Crippen LogP contribution in [0.2, 0.25) is 0 Å². The first kappa shape index (κ1) is 22.3. The number of nitrogens with zero attached hydrogens (tertiary/aromatic N) is 6. The Morgan fingerprint density at radius 1 is 1.12 bits per heavy atom. The smallest absolute Gasteiger partial charge is 0.278 e. The summed E-state index contributed by atoms with van der Waals surface area (Å²) in [4.78, 5) is 22.9. The number of amides is 1. The molecule has 0 N–H and O–H groups in total. The van der Waals surface area contributed by atoms with Crippen LogP contribution in [-0.2, 0) is 6.42 Å². The molecule has 0 aliphatic carbocycles. The lowest BCUT2D eigenvalue weighted by atomic mass is 10.2. The van der Waals surface area contributed by atoms with Crippen LogP contribution in [0.5, 0.6) is 5.75 Å². The molecule has 0 spiro atoms. The minimum atomic E-state index is -0.0989. The van der Waals surface area contributed by atoms with Gasteiger partial charge < -0.3 is 14.2 Å². The maximum absolute atomic E-state index is 13.2. The average Bonchev–Trinajstić information content (AvgIpc) is 3.65. The number of carbonyl (C=O) groups is 1. The van der Waals surface area contributed by atoms with Crippen molar-refractivity contribution in [1.82, 2.24) is 29.7 Å². The van der Waals surface area contributed by atoms with Gasteiger partial charge in [0.2, 0.25) is 11.7 Å². The molecule has 1 aromatic carbocycles. The second kappa shape index (κ2) is 10.2. The number of hydrogen-bond donors (Lipinski definition) is 0. The monoisotopic (exact) mass is 478 g/mol. The topological polar surface area (TPSA) is 89.5 Å². The van der Waals surface area contributed by atoms with Gasteiger partial charge in [0.05, 0.1) is 23.9 Å². The molecule has 0 saturated carbocycles. The highest BCUT2D eigenvalue weighted by molar-refractivity contribution is 7.13. The summed E-state index contributed by atoms with van der Waals surface area (Å²) in [5.41, 5.74) is 1.23. The molecule has 4 aromatic rings. The number of rotatable bonds is 8. The van der Waals surface area contributed by atoms with Crippen molar-refractivity contribution >= 4 is 17.2 Å². The molecule has 5 rings (SSSR count). The first-order chi connectivity index (χ1) is 16.7. The summed E-state index contributed by atoms with van der Waals surface area (Å²) < 4.78 is 12.5. The number of thiophene rings is 1. The van der Waals surface area contributed by atoms with E-state index in [9.17, 15) is 4.79 Å². The second-order valence-electron chi connectivity index (χ2n) is 8.05. The summed E-state index contributed by atoms with van der Waals surface area (Å²) in [6.45, 7) is 3.87. The van der Waals surface area contributed by atoms with E-state index in [0.717, 1.165) is 43.0 Å². The number of aryl methyl sites for hydroxylation is 1. The SMILES string of the molecule is COc1cn(-c2ccccc2)nc1C(=O)N1CCN(CCCc2nc(-c3cccs3)no2)CC1. The zero-order chi connectivity index (χ0) is 23.3. The number of aromatic nitrogens is 4. The predicted molar refractivity (Wildman–Crippen MR) is 128 cm³/mol. The van der Waals surface area contributed by atoms with Gasteiger partial charge in [-0.1, -0.05) is 29.4 Å². The molecule has 1 amide bonds. The van der Waals surface area contributed by atoms with E-state index in [1.165, 1.54) is 0 Å². The predicted octanol–water partition coefficient (Wildman–Crippen LogP) is 3.38. The van der Waals surface area contributed by atoms with Crippen LogP contribution in [0, 0.1) is 0 Å². The van der Waals surface area contributed by atoms with Gasteiger partial charge in [-0.15, -0.1) is 11.3 Å². The Kier molecular flexibility index (Phi) is 6.68. The van der Waals surface area contributed by atoms with Gasteiger partial charge in [-0.05, 0) is 36.5 Å². The normalized spacial score (nSPS) is 14.4. The molecule has 34 heavy (non-hydrogen) atoms. The molecule has 1 fully saturated rings. The molecule has 4 heterocycles. The van der Waals surface area contributed by atoms with Crippen LogP contribution in [0.15, 0.2) is 58.6 Å². The number of benzene rings is 1.